The first kappa shape index (κ1) is 12.3. The van der Waals surface area contributed by atoms with E-state index < -0.39 is 0 Å². The average Bonchev–Trinajstić information content (AvgIpc) is 2.75. The molecule has 2 heterocycles. The second-order valence-electron chi connectivity index (χ2n) is 4.08. The van der Waals surface area contributed by atoms with Gasteiger partial charge in [0.1, 0.15) is 0 Å². The molecule has 0 atom stereocenters. The molecule has 0 amide bonds. The molecule has 0 bridgehead atoms. The van der Waals surface area contributed by atoms with Crippen molar-refractivity contribution in [3.05, 3.63) is 40.1 Å². The Labute approximate surface area is 105 Å². The van der Waals surface area contributed by atoms with Crippen molar-refractivity contribution >= 4 is 5.69 Å². The van der Waals surface area contributed by atoms with Gasteiger partial charge in [-0.05, 0) is 19.4 Å². The molecule has 0 aromatic carbocycles. The van der Waals surface area contributed by atoms with Crippen LogP contribution < -0.4 is 11.3 Å². The molecule has 0 aliphatic rings. The van der Waals surface area contributed by atoms with E-state index in [-0.39, 0.29) is 5.56 Å². The number of anilines is 1. The van der Waals surface area contributed by atoms with Crippen molar-refractivity contribution in [2.45, 2.75) is 33.4 Å². The molecule has 0 unspecified atom stereocenters. The summed E-state index contributed by atoms with van der Waals surface area (Å²) in [7, 11) is 0. The van der Waals surface area contributed by atoms with Gasteiger partial charge in [0.15, 0.2) is 0 Å². The third-order valence-corrected chi connectivity index (χ3v) is 2.78. The minimum atomic E-state index is -0.197. The Morgan fingerprint density at radius 1 is 1.28 bits per heavy atom. The van der Waals surface area contributed by atoms with E-state index in [0.29, 0.717) is 12.2 Å². The Hall–Kier alpha value is -2.11. The molecule has 0 aliphatic heterocycles. The summed E-state index contributed by atoms with van der Waals surface area (Å²) in [5.41, 5.74) is 7.70. The minimum absolute atomic E-state index is 0.197. The van der Waals surface area contributed by atoms with Crippen LogP contribution >= 0.6 is 0 Å². The Bertz CT molecular complexity index is 599. The number of nitrogens with two attached hydrogens (primary N) is 1. The molecule has 0 radical (unpaired) electrons. The molecule has 2 N–H and O–H groups in total. The van der Waals surface area contributed by atoms with Gasteiger partial charge in [0.25, 0.3) is 5.56 Å². The van der Waals surface area contributed by atoms with Gasteiger partial charge in [0.2, 0.25) is 0 Å². The number of aryl methyl sites for hydroxylation is 2. The van der Waals surface area contributed by atoms with E-state index >= 15 is 0 Å². The van der Waals surface area contributed by atoms with E-state index in [1.807, 2.05) is 17.7 Å². The van der Waals surface area contributed by atoms with Crippen molar-refractivity contribution in [1.82, 2.24) is 19.6 Å². The highest BCUT2D eigenvalue weighted by atomic mass is 16.1. The summed E-state index contributed by atoms with van der Waals surface area (Å²) < 4.78 is 3.28. The van der Waals surface area contributed by atoms with Crippen molar-refractivity contribution < 1.29 is 0 Å². The Kier molecular flexibility index (Phi) is 3.45. The van der Waals surface area contributed by atoms with Gasteiger partial charge in [-0.25, -0.2) is 4.68 Å². The van der Waals surface area contributed by atoms with Crippen LogP contribution in [-0.4, -0.2) is 19.6 Å². The quantitative estimate of drug-likeness (QED) is 0.860. The van der Waals surface area contributed by atoms with Gasteiger partial charge in [0, 0.05) is 12.6 Å². The van der Waals surface area contributed by atoms with Gasteiger partial charge in [-0.2, -0.15) is 10.2 Å². The van der Waals surface area contributed by atoms with E-state index in [2.05, 4.69) is 17.1 Å². The predicted octanol–water partition coefficient (Wildman–Crippen LogP) is 0.653. The zero-order valence-electron chi connectivity index (χ0n) is 10.6. The third kappa shape index (κ3) is 2.42. The van der Waals surface area contributed by atoms with Gasteiger partial charge in [0.05, 0.1) is 29.8 Å². The summed E-state index contributed by atoms with van der Waals surface area (Å²) in [4.78, 5) is 11.7. The first-order valence-corrected chi connectivity index (χ1v) is 6.02. The predicted molar refractivity (Wildman–Crippen MR) is 69.3 cm³/mol. The van der Waals surface area contributed by atoms with Crippen LogP contribution in [0.15, 0.2) is 23.1 Å². The summed E-state index contributed by atoms with van der Waals surface area (Å²) in [5.74, 6) is 0. The highest BCUT2D eigenvalue weighted by Gasteiger charge is 2.07. The summed E-state index contributed by atoms with van der Waals surface area (Å²) in [6.45, 7) is 5.27. The molecule has 0 saturated heterocycles. The van der Waals surface area contributed by atoms with E-state index in [4.69, 9.17) is 5.73 Å². The van der Waals surface area contributed by atoms with Gasteiger partial charge < -0.3 is 5.73 Å². The van der Waals surface area contributed by atoms with Crippen LogP contribution in [0.5, 0.6) is 0 Å². The van der Waals surface area contributed by atoms with Crippen LogP contribution in [0, 0.1) is 0 Å². The Balaban J connectivity index is 2.33. The van der Waals surface area contributed by atoms with E-state index in [1.165, 1.54) is 16.9 Å². The zero-order valence-corrected chi connectivity index (χ0v) is 10.6. The van der Waals surface area contributed by atoms with Crippen LogP contribution in [0.4, 0.5) is 5.69 Å². The molecule has 0 aliphatic carbocycles. The summed E-state index contributed by atoms with van der Waals surface area (Å²) >= 11 is 0. The minimum Gasteiger partial charge on any atom is -0.397 e. The normalized spacial score (nSPS) is 10.8. The summed E-state index contributed by atoms with van der Waals surface area (Å²) in [6, 6.07) is 3.38. The zero-order chi connectivity index (χ0) is 13.1. The number of hydrogen-bond donors (Lipinski definition) is 1. The van der Waals surface area contributed by atoms with Gasteiger partial charge >= 0.3 is 0 Å². The topological polar surface area (TPSA) is 78.7 Å². The second kappa shape index (κ2) is 5.03. The number of nitrogen functional groups attached to an aromatic ring is 1. The van der Waals surface area contributed by atoms with Crippen molar-refractivity contribution in [2.75, 3.05) is 5.73 Å². The summed E-state index contributed by atoms with van der Waals surface area (Å²) in [5, 5.41) is 8.46. The van der Waals surface area contributed by atoms with Crippen molar-refractivity contribution in [3.63, 3.8) is 0 Å². The fourth-order valence-electron chi connectivity index (χ4n) is 1.81. The summed E-state index contributed by atoms with van der Waals surface area (Å²) in [6.07, 6.45) is 2.36. The van der Waals surface area contributed by atoms with Crippen LogP contribution in [0.25, 0.3) is 0 Å². The van der Waals surface area contributed by atoms with Crippen molar-refractivity contribution in [1.29, 1.82) is 0 Å². The van der Waals surface area contributed by atoms with Crippen LogP contribution in [0.2, 0.25) is 0 Å². The molecule has 2 aromatic heterocycles. The Morgan fingerprint density at radius 3 is 2.67 bits per heavy atom. The molecule has 0 saturated carbocycles. The fraction of sp³-hybridized carbons (Fsp3) is 0.417. The lowest BCUT2D eigenvalue weighted by atomic mass is 10.3. The van der Waals surface area contributed by atoms with Crippen LogP contribution in [-0.2, 0) is 19.5 Å². The number of hydrogen-bond acceptors (Lipinski definition) is 4. The Morgan fingerprint density at radius 2 is 2.06 bits per heavy atom. The lowest BCUT2D eigenvalue weighted by molar-refractivity contribution is 0.558. The van der Waals surface area contributed by atoms with E-state index in [1.54, 1.807) is 0 Å². The largest absolute Gasteiger partial charge is 0.397 e. The fourth-order valence-corrected chi connectivity index (χ4v) is 1.81. The molecule has 0 spiro atoms. The molecule has 2 aromatic rings. The van der Waals surface area contributed by atoms with Gasteiger partial charge in [-0.15, -0.1) is 0 Å². The lowest BCUT2D eigenvalue weighted by Crippen LogP contribution is -2.24. The first-order valence-electron chi connectivity index (χ1n) is 6.02. The third-order valence-electron chi connectivity index (χ3n) is 2.78. The van der Waals surface area contributed by atoms with Gasteiger partial charge in [-0.1, -0.05) is 6.92 Å². The van der Waals surface area contributed by atoms with E-state index in [0.717, 1.165) is 24.4 Å². The molecular weight excluding hydrogens is 230 g/mol. The molecule has 6 nitrogen and oxygen atoms in total. The lowest BCUT2D eigenvalue weighted by Gasteiger charge is -2.06. The van der Waals surface area contributed by atoms with Crippen molar-refractivity contribution in [2.24, 2.45) is 0 Å². The maximum atomic E-state index is 11.7. The molecule has 18 heavy (non-hydrogen) atoms. The monoisotopic (exact) mass is 247 g/mol. The average molecular weight is 247 g/mol. The van der Waals surface area contributed by atoms with Crippen LogP contribution in [0.1, 0.15) is 25.2 Å². The smallest absolute Gasteiger partial charge is 0.269 e. The molecule has 2 rings (SSSR count). The first-order chi connectivity index (χ1) is 8.63. The molecular formula is C12H17N5O. The standard InChI is InChI=1S/C12H17N5O/c1-3-10-6-11(16(4-2)15-10)8-17-12(18)5-9(13)7-14-17/h5-7H,3-4,8,13H2,1-2H3. The maximum Gasteiger partial charge on any atom is 0.269 e. The molecule has 0 fully saturated rings. The molecule has 6 heteroatoms. The van der Waals surface area contributed by atoms with Gasteiger partial charge in [-0.3, -0.25) is 9.48 Å². The van der Waals surface area contributed by atoms with Crippen LogP contribution in [0.3, 0.4) is 0 Å². The number of rotatable bonds is 4. The maximum absolute atomic E-state index is 11.7. The highest BCUT2D eigenvalue weighted by Crippen LogP contribution is 2.06. The van der Waals surface area contributed by atoms with Crippen molar-refractivity contribution in [3.8, 4) is 0 Å². The number of nitrogens with zero attached hydrogens (tertiary/aromatic N) is 4. The highest BCUT2D eigenvalue weighted by molar-refractivity contribution is 5.31. The molecule has 96 valence electrons. The SMILES string of the molecule is CCc1cc(Cn2ncc(N)cc2=O)n(CC)n1. The second-order valence-corrected chi connectivity index (χ2v) is 4.08. The van der Waals surface area contributed by atoms with E-state index in [9.17, 15) is 4.79 Å². The number of aromatic nitrogens is 4.